The summed E-state index contributed by atoms with van der Waals surface area (Å²) in [6.07, 6.45) is 5.34. The summed E-state index contributed by atoms with van der Waals surface area (Å²) >= 11 is 0. The van der Waals surface area contributed by atoms with Crippen molar-refractivity contribution in [2.24, 2.45) is 5.92 Å². The Morgan fingerprint density at radius 3 is 2.32 bits per heavy atom. The van der Waals surface area contributed by atoms with E-state index in [0.717, 1.165) is 19.3 Å². The van der Waals surface area contributed by atoms with Crippen LogP contribution in [0, 0.1) is 5.92 Å². The molecule has 0 radical (unpaired) electrons. The van der Waals surface area contributed by atoms with Gasteiger partial charge in [0.15, 0.2) is 5.78 Å². The number of carboxylic acid groups (broad SMARTS) is 1. The molecule has 0 spiro atoms. The minimum Gasteiger partial charge on any atom is -0.478 e. The molecule has 0 aromatic heterocycles. The summed E-state index contributed by atoms with van der Waals surface area (Å²) in [5.41, 5.74) is 0.436. The van der Waals surface area contributed by atoms with Gasteiger partial charge in [-0.05, 0) is 12.5 Å². The molecular formula is C16H22O3. The number of ketones is 1. The zero-order valence-corrected chi connectivity index (χ0v) is 11.7. The van der Waals surface area contributed by atoms with E-state index in [2.05, 4.69) is 6.92 Å². The van der Waals surface area contributed by atoms with Crippen LogP contribution in [0.3, 0.4) is 0 Å². The topological polar surface area (TPSA) is 54.4 Å². The standard InChI is InChI=1S/C16H22O3/c1-3-4-5-6-9-12(2)15(17)13-10-7-8-11-14(13)16(18)19/h7-8,10-12H,3-6,9H2,1-2H3,(H,18,19). The third-order valence-electron chi connectivity index (χ3n) is 3.36. The Hall–Kier alpha value is -1.64. The smallest absolute Gasteiger partial charge is 0.336 e. The Kier molecular flexibility index (Phi) is 6.26. The van der Waals surface area contributed by atoms with Crippen LogP contribution in [0.4, 0.5) is 0 Å². The van der Waals surface area contributed by atoms with Crippen molar-refractivity contribution >= 4 is 11.8 Å². The van der Waals surface area contributed by atoms with Crippen molar-refractivity contribution in [1.82, 2.24) is 0 Å². The molecule has 0 amide bonds. The van der Waals surface area contributed by atoms with Crippen molar-refractivity contribution in [3.63, 3.8) is 0 Å². The van der Waals surface area contributed by atoms with Crippen molar-refractivity contribution in [3.05, 3.63) is 35.4 Å². The predicted molar refractivity (Wildman–Crippen MR) is 75.7 cm³/mol. The fourth-order valence-electron chi connectivity index (χ4n) is 2.16. The molecule has 0 aliphatic rings. The van der Waals surface area contributed by atoms with Gasteiger partial charge in [-0.3, -0.25) is 4.79 Å². The summed E-state index contributed by atoms with van der Waals surface area (Å²) in [4.78, 5) is 23.4. The van der Waals surface area contributed by atoms with Gasteiger partial charge in [-0.2, -0.15) is 0 Å². The molecule has 0 bridgehead atoms. The Balaban J connectivity index is 2.69. The molecule has 1 aromatic carbocycles. The number of Topliss-reactive ketones (excluding diaryl/α,β-unsaturated/α-hetero) is 1. The molecular weight excluding hydrogens is 240 g/mol. The van der Waals surface area contributed by atoms with E-state index < -0.39 is 5.97 Å². The summed E-state index contributed by atoms with van der Waals surface area (Å²) in [5.74, 6) is -1.21. The van der Waals surface area contributed by atoms with Gasteiger partial charge in [-0.25, -0.2) is 4.79 Å². The number of carbonyl (C=O) groups is 2. The van der Waals surface area contributed by atoms with Crippen LogP contribution < -0.4 is 0 Å². The van der Waals surface area contributed by atoms with Crippen LogP contribution in [0.15, 0.2) is 24.3 Å². The first-order chi connectivity index (χ1) is 9.07. The highest BCUT2D eigenvalue weighted by Crippen LogP contribution is 2.19. The largest absolute Gasteiger partial charge is 0.478 e. The van der Waals surface area contributed by atoms with E-state index in [1.807, 2.05) is 6.92 Å². The number of aromatic carboxylic acids is 1. The highest BCUT2D eigenvalue weighted by Gasteiger charge is 2.20. The molecule has 1 unspecified atom stereocenters. The minimum atomic E-state index is -1.04. The zero-order valence-electron chi connectivity index (χ0n) is 11.7. The number of rotatable bonds is 8. The lowest BCUT2D eigenvalue weighted by Crippen LogP contribution is -2.15. The summed E-state index contributed by atoms with van der Waals surface area (Å²) in [5, 5.41) is 9.09. The molecule has 104 valence electrons. The molecule has 1 aromatic rings. The Labute approximate surface area is 114 Å². The Bertz CT molecular complexity index is 437. The normalized spacial score (nSPS) is 12.1. The number of unbranched alkanes of at least 4 members (excludes halogenated alkanes) is 3. The highest BCUT2D eigenvalue weighted by atomic mass is 16.4. The molecule has 1 N–H and O–H groups in total. The lowest BCUT2D eigenvalue weighted by atomic mass is 9.91. The summed E-state index contributed by atoms with van der Waals surface area (Å²) in [6, 6.07) is 6.45. The monoisotopic (exact) mass is 262 g/mol. The van der Waals surface area contributed by atoms with Crippen molar-refractivity contribution in [2.45, 2.75) is 46.0 Å². The third-order valence-corrected chi connectivity index (χ3v) is 3.36. The molecule has 0 heterocycles. The van der Waals surface area contributed by atoms with Crippen LogP contribution in [0.1, 0.15) is 66.7 Å². The Morgan fingerprint density at radius 2 is 1.74 bits per heavy atom. The van der Waals surface area contributed by atoms with Crippen LogP contribution in [-0.2, 0) is 0 Å². The van der Waals surface area contributed by atoms with E-state index in [9.17, 15) is 9.59 Å². The van der Waals surface area contributed by atoms with Crippen molar-refractivity contribution in [1.29, 1.82) is 0 Å². The quantitative estimate of drug-likeness (QED) is 0.565. The lowest BCUT2D eigenvalue weighted by Gasteiger charge is -2.12. The van der Waals surface area contributed by atoms with Gasteiger partial charge in [0.2, 0.25) is 0 Å². The summed E-state index contributed by atoms with van der Waals surface area (Å²) in [7, 11) is 0. The Morgan fingerprint density at radius 1 is 1.11 bits per heavy atom. The van der Waals surface area contributed by atoms with Crippen LogP contribution >= 0.6 is 0 Å². The van der Waals surface area contributed by atoms with Gasteiger partial charge < -0.3 is 5.11 Å². The van der Waals surface area contributed by atoms with Crippen molar-refractivity contribution < 1.29 is 14.7 Å². The number of benzene rings is 1. The van der Waals surface area contributed by atoms with Crippen LogP contribution in [0.2, 0.25) is 0 Å². The van der Waals surface area contributed by atoms with Crippen molar-refractivity contribution in [3.8, 4) is 0 Å². The van der Waals surface area contributed by atoms with E-state index in [0.29, 0.717) is 5.56 Å². The van der Waals surface area contributed by atoms with E-state index >= 15 is 0 Å². The molecule has 3 nitrogen and oxygen atoms in total. The lowest BCUT2D eigenvalue weighted by molar-refractivity contribution is 0.0690. The predicted octanol–water partition coefficient (Wildman–Crippen LogP) is 4.17. The maximum absolute atomic E-state index is 12.3. The first-order valence-corrected chi connectivity index (χ1v) is 6.94. The average molecular weight is 262 g/mol. The second-order valence-electron chi connectivity index (χ2n) is 4.97. The third kappa shape index (κ3) is 4.51. The molecule has 0 aliphatic heterocycles. The number of hydrogen-bond acceptors (Lipinski definition) is 2. The van der Waals surface area contributed by atoms with E-state index in [4.69, 9.17) is 5.11 Å². The first kappa shape index (κ1) is 15.4. The average Bonchev–Trinajstić information content (AvgIpc) is 2.42. The van der Waals surface area contributed by atoms with Gasteiger partial charge in [-0.1, -0.05) is 57.7 Å². The van der Waals surface area contributed by atoms with E-state index in [1.54, 1.807) is 18.2 Å². The van der Waals surface area contributed by atoms with Gasteiger partial charge >= 0.3 is 5.97 Å². The number of hydrogen-bond donors (Lipinski definition) is 1. The molecule has 3 heteroatoms. The van der Waals surface area contributed by atoms with Crippen molar-refractivity contribution in [2.75, 3.05) is 0 Å². The molecule has 19 heavy (non-hydrogen) atoms. The highest BCUT2D eigenvalue weighted by molar-refractivity contribution is 6.06. The fourth-order valence-corrected chi connectivity index (χ4v) is 2.16. The molecule has 0 saturated heterocycles. The second kappa shape index (κ2) is 7.72. The molecule has 0 aliphatic carbocycles. The summed E-state index contributed by atoms with van der Waals surface area (Å²) in [6.45, 7) is 4.03. The van der Waals surface area contributed by atoms with E-state index in [1.165, 1.54) is 18.9 Å². The molecule has 0 fully saturated rings. The van der Waals surface area contributed by atoms with Gasteiger partial charge in [0.05, 0.1) is 5.56 Å². The molecule has 0 saturated carbocycles. The van der Waals surface area contributed by atoms with E-state index in [-0.39, 0.29) is 17.3 Å². The first-order valence-electron chi connectivity index (χ1n) is 6.94. The zero-order chi connectivity index (χ0) is 14.3. The fraction of sp³-hybridized carbons (Fsp3) is 0.500. The van der Waals surface area contributed by atoms with Crippen LogP contribution in [0.25, 0.3) is 0 Å². The maximum atomic E-state index is 12.3. The number of carbonyl (C=O) groups excluding carboxylic acids is 1. The van der Waals surface area contributed by atoms with Gasteiger partial charge in [-0.15, -0.1) is 0 Å². The van der Waals surface area contributed by atoms with Gasteiger partial charge in [0, 0.05) is 11.5 Å². The van der Waals surface area contributed by atoms with Gasteiger partial charge in [0.25, 0.3) is 0 Å². The molecule has 1 atom stereocenters. The summed E-state index contributed by atoms with van der Waals surface area (Å²) < 4.78 is 0. The minimum absolute atomic E-state index is 0.0606. The molecule has 1 rings (SSSR count). The van der Waals surface area contributed by atoms with Crippen LogP contribution in [0.5, 0.6) is 0 Å². The van der Waals surface area contributed by atoms with Crippen LogP contribution in [-0.4, -0.2) is 16.9 Å². The maximum Gasteiger partial charge on any atom is 0.336 e. The SMILES string of the molecule is CCCCCCC(C)C(=O)c1ccccc1C(=O)O. The number of carboxylic acids is 1. The second-order valence-corrected chi connectivity index (χ2v) is 4.97. The van der Waals surface area contributed by atoms with Gasteiger partial charge in [0.1, 0.15) is 0 Å².